The van der Waals surface area contributed by atoms with Crippen molar-refractivity contribution in [2.45, 2.75) is 13.8 Å². The summed E-state index contributed by atoms with van der Waals surface area (Å²) in [5.74, 6) is -0.641. The topological polar surface area (TPSA) is 77.8 Å². The molecule has 122 valence electrons. The van der Waals surface area contributed by atoms with Crippen LogP contribution < -0.4 is 10.3 Å². The molecule has 6 nitrogen and oxygen atoms in total. The second-order valence-electron chi connectivity index (χ2n) is 4.90. The van der Waals surface area contributed by atoms with Crippen LogP contribution in [0.5, 0.6) is 5.75 Å². The van der Waals surface area contributed by atoms with Crippen LogP contribution in [0.2, 0.25) is 0 Å². The normalized spacial score (nSPS) is 10.5. The van der Waals surface area contributed by atoms with Gasteiger partial charge in [0.1, 0.15) is 17.9 Å². The average Bonchev–Trinajstić information content (AvgIpc) is 2.52. The van der Waals surface area contributed by atoms with Gasteiger partial charge < -0.3 is 14.6 Å². The van der Waals surface area contributed by atoms with Gasteiger partial charge in [0.2, 0.25) is 0 Å². The number of hydrogen-bond donors (Lipinski definition) is 1. The van der Waals surface area contributed by atoms with Gasteiger partial charge in [-0.2, -0.15) is 0 Å². The van der Waals surface area contributed by atoms with Crippen LogP contribution in [0.4, 0.5) is 0 Å². The summed E-state index contributed by atoms with van der Waals surface area (Å²) in [4.78, 5) is 23.6. The Morgan fingerprint density at radius 2 is 2.04 bits per heavy atom. The third kappa shape index (κ3) is 3.98. The number of hydrogen-bond acceptors (Lipinski definition) is 4. The number of benzene rings is 1. The van der Waals surface area contributed by atoms with Gasteiger partial charge in [-0.15, -0.1) is 0 Å². The Bertz CT molecular complexity index is 751. The summed E-state index contributed by atoms with van der Waals surface area (Å²) in [6.07, 6.45) is 1.56. The molecule has 2 rings (SSSR count). The Balaban J connectivity index is 2.31. The third-order valence-electron chi connectivity index (χ3n) is 3.31. The van der Waals surface area contributed by atoms with Crippen molar-refractivity contribution in [1.82, 2.24) is 4.57 Å². The quantitative estimate of drug-likeness (QED) is 0.793. The Labute approximate surface area is 133 Å². The lowest BCUT2D eigenvalue weighted by atomic mass is 10.1. The van der Waals surface area contributed by atoms with E-state index in [1.54, 1.807) is 43.5 Å². The Morgan fingerprint density at radius 1 is 1.26 bits per heavy atom. The summed E-state index contributed by atoms with van der Waals surface area (Å²) < 4.78 is 12.1. The number of nitrogens with zero attached hydrogens (tertiary/aromatic N) is 1. The van der Waals surface area contributed by atoms with Crippen molar-refractivity contribution in [3.05, 3.63) is 58.0 Å². The fourth-order valence-corrected chi connectivity index (χ4v) is 2.18. The van der Waals surface area contributed by atoms with Crippen molar-refractivity contribution in [3.63, 3.8) is 0 Å². The zero-order valence-corrected chi connectivity index (χ0v) is 13.1. The first kappa shape index (κ1) is 16.8. The van der Waals surface area contributed by atoms with E-state index in [2.05, 4.69) is 0 Å². The molecule has 1 aromatic carbocycles. The van der Waals surface area contributed by atoms with Crippen LogP contribution in [-0.2, 0) is 4.74 Å². The molecule has 0 saturated heterocycles. The maximum absolute atomic E-state index is 12.4. The van der Waals surface area contributed by atoms with E-state index in [0.29, 0.717) is 36.8 Å². The monoisotopic (exact) mass is 317 g/mol. The number of aryl methyl sites for hydroxylation is 1. The predicted octanol–water partition coefficient (Wildman–Crippen LogP) is 2.26. The van der Waals surface area contributed by atoms with Gasteiger partial charge in [0.25, 0.3) is 5.56 Å². The van der Waals surface area contributed by atoms with E-state index in [0.717, 1.165) is 0 Å². The van der Waals surface area contributed by atoms with E-state index in [1.165, 1.54) is 4.57 Å². The number of rotatable bonds is 7. The number of carbonyl (C=O) groups is 1. The molecule has 0 unspecified atom stereocenters. The molecule has 0 atom stereocenters. The highest BCUT2D eigenvalue weighted by Gasteiger charge is 2.15. The molecule has 0 aliphatic heterocycles. The zero-order chi connectivity index (χ0) is 16.8. The minimum absolute atomic E-state index is 0.227. The van der Waals surface area contributed by atoms with Gasteiger partial charge in [-0.3, -0.25) is 9.36 Å². The van der Waals surface area contributed by atoms with E-state index in [9.17, 15) is 14.7 Å². The number of aromatic carboxylic acids is 1. The van der Waals surface area contributed by atoms with Crippen molar-refractivity contribution in [3.8, 4) is 11.4 Å². The number of aromatic nitrogens is 1. The molecule has 1 aromatic heterocycles. The Kier molecular flexibility index (Phi) is 5.54. The largest absolute Gasteiger partial charge is 0.491 e. The van der Waals surface area contributed by atoms with Crippen LogP contribution >= 0.6 is 0 Å². The lowest BCUT2D eigenvalue weighted by Crippen LogP contribution is -2.26. The number of carboxylic acid groups (broad SMARTS) is 1. The molecule has 0 aliphatic carbocycles. The molecule has 0 radical (unpaired) electrons. The van der Waals surface area contributed by atoms with Crippen molar-refractivity contribution in [1.29, 1.82) is 0 Å². The second kappa shape index (κ2) is 7.60. The fourth-order valence-electron chi connectivity index (χ4n) is 2.18. The van der Waals surface area contributed by atoms with Gasteiger partial charge in [-0.05, 0) is 37.6 Å². The Morgan fingerprint density at radius 3 is 2.74 bits per heavy atom. The van der Waals surface area contributed by atoms with Gasteiger partial charge in [-0.1, -0.05) is 6.07 Å². The van der Waals surface area contributed by atoms with Gasteiger partial charge in [-0.25, -0.2) is 4.79 Å². The molecule has 6 heteroatoms. The summed E-state index contributed by atoms with van der Waals surface area (Å²) in [5, 5.41) is 9.19. The minimum Gasteiger partial charge on any atom is -0.491 e. The molecule has 0 saturated carbocycles. The maximum atomic E-state index is 12.4. The van der Waals surface area contributed by atoms with Crippen LogP contribution in [-0.4, -0.2) is 35.5 Å². The molecule has 0 aliphatic rings. The number of ether oxygens (including phenoxy) is 2. The van der Waals surface area contributed by atoms with E-state index >= 15 is 0 Å². The summed E-state index contributed by atoms with van der Waals surface area (Å²) in [6, 6.07) is 8.53. The standard InChI is InChI=1S/C17H19NO5/c1-3-22-9-10-23-14-6-4-5-13(11-14)18-8-7-12(2)15(16(18)19)17(20)21/h4-8,11H,3,9-10H2,1-2H3,(H,20,21). The SMILES string of the molecule is CCOCCOc1cccc(-n2ccc(C)c(C(=O)O)c2=O)c1. The zero-order valence-electron chi connectivity index (χ0n) is 13.1. The fraction of sp³-hybridized carbons (Fsp3) is 0.294. The molecule has 0 bridgehead atoms. The molecular formula is C17H19NO5. The van der Waals surface area contributed by atoms with Crippen molar-refractivity contribution in [2.75, 3.05) is 19.8 Å². The molecule has 0 amide bonds. The molecule has 1 heterocycles. The number of pyridine rings is 1. The van der Waals surface area contributed by atoms with Crippen LogP contribution in [0.3, 0.4) is 0 Å². The Hall–Kier alpha value is -2.60. The van der Waals surface area contributed by atoms with Crippen LogP contribution in [0.15, 0.2) is 41.3 Å². The summed E-state index contributed by atoms with van der Waals surface area (Å²) in [7, 11) is 0. The first-order valence-corrected chi connectivity index (χ1v) is 7.31. The lowest BCUT2D eigenvalue weighted by molar-refractivity contribution is 0.0693. The molecule has 23 heavy (non-hydrogen) atoms. The van der Waals surface area contributed by atoms with Crippen LogP contribution in [0.1, 0.15) is 22.8 Å². The lowest BCUT2D eigenvalue weighted by Gasteiger charge is -2.11. The summed E-state index contributed by atoms with van der Waals surface area (Å²) in [5.41, 5.74) is 0.188. The number of carboxylic acids is 1. The highest BCUT2D eigenvalue weighted by molar-refractivity contribution is 5.88. The predicted molar refractivity (Wildman–Crippen MR) is 85.7 cm³/mol. The van der Waals surface area contributed by atoms with Crippen molar-refractivity contribution >= 4 is 5.97 Å². The van der Waals surface area contributed by atoms with Crippen molar-refractivity contribution < 1.29 is 19.4 Å². The molecule has 1 N–H and O–H groups in total. The van der Waals surface area contributed by atoms with E-state index in [-0.39, 0.29) is 5.56 Å². The average molecular weight is 317 g/mol. The highest BCUT2D eigenvalue weighted by Crippen LogP contribution is 2.16. The summed E-state index contributed by atoms with van der Waals surface area (Å²) >= 11 is 0. The molecule has 0 spiro atoms. The molecule has 0 fully saturated rings. The van der Waals surface area contributed by atoms with E-state index in [1.807, 2.05) is 6.92 Å². The summed E-state index contributed by atoms with van der Waals surface area (Å²) in [6.45, 7) is 5.02. The van der Waals surface area contributed by atoms with Gasteiger partial charge in [0.05, 0.1) is 12.3 Å². The third-order valence-corrected chi connectivity index (χ3v) is 3.31. The van der Waals surface area contributed by atoms with Gasteiger partial charge in [0.15, 0.2) is 0 Å². The first-order valence-electron chi connectivity index (χ1n) is 7.31. The highest BCUT2D eigenvalue weighted by atomic mass is 16.5. The van der Waals surface area contributed by atoms with Crippen LogP contribution in [0, 0.1) is 6.92 Å². The van der Waals surface area contributed by atoms with Crippen LogP contribution in [0.25, 0.3) is 5.69 Å². The molecule has 2 aromatic rings. The second-order valence-corrected chi connectivity index (χ2v) is 4.90. The van der Waals surface area contributed by atoms with E-state index in [4.69, 9.17) is 9.47 Å². The van der Waals surface area contributed by atoms with E-state index < -0.39 is 11.5 Å². The van der Waals surface area contributed by atoms with Gasteiger partial charge in [0, 0.05) is 18.9 Å². The van der Waals surface area contributed by atoms with Crippen molar-refractivity contribution in [2.24, 2.45) is 0 Å². The molecular weight excluding hydrogens is 298 g/mol. The minimum atomic E-state index is -1.23. The smallest absolute Gasteiger partial charge is 0.341 e. The maximum Gasteiger partial charge on any atom is 0.341 e. The first-order chi connectivity index (χ1) is 11.0. The van der Waals surface area contributed by atoms with Gasteiger partial charge >= 0.3 is 5.97 Å².